The summed E-state index contributed by atoms with van der Waals surface area (Å²) in [6.07, 6.45) is 7.07. The molecule has 1 aromatic heterocycles. The van der Waals surface area contributed by atoms with Gasteiger partial charge < -0.3 is 16.2 Å². The van der Waals surface area contributed by atoms with Crippen LogP contribution in [0.15, 0.2) is 83.5 Å². The van der Waals surface area contributed by atoms with Gasteiger partial charge in [-0.1, -0.05) is 42.5 Å². The van der Waals surface area contributed by atoms with Crippen LogP contribution in [-0.4, -0.2) is 33.3 Å². The van der Waals surface area contributed by atoms with Crippen LogP contribution in [0.4, 0.5) is 11.6 Å². The molecule has 0 radical (unpaired) electrons. The summed E-state index contributed by atoms with van der Waals surface area (Å²) in [5.41, 5.74) is 12.8. The third kappa shape index (κ3) is 4.18. The summed E-state index contributed by atoms with van der Waals surface area (Å²) >= 11 is 0. The first-order chi connectivity index (χ1) is 16.1. The molecule has 1 atom stereocenters. The van der Waals surface area contributed by atoms with Gasteiger partial charge in [0.05, 0.1) is 23.5 Å². The summed E-state index contributed by atoms with van der Waals surface area (Å²) < 4.78 is 0. The van der Waals surface area contributed by atoms with Crippen molar-refractivity contribution in [3.8, 4) is 0 Å². The Bertz CT molecular complexity index is 1290. The van der Waals surface area contributed by atoms with Gasteiger partial charge in [0, 0.05) is 34.2 Å². The van der Waals surface area contributed by atoms with Crippen molar-refractivity contribution < 1.29 is 9.90 Å². The molecule has 2 aromatic carbocycles. The number of aliphatic imine (C=N–C) groups is 1. The van der Waals surface area contributed by atoms with E-state index in [1.165, 1.54) is 0 Å². The van der Waals surface area contributed by atoms with E-state index in [1.807, 2.05) is 18.2 Å². The normalized spacial score (nSPS) is 17.0. The van der Waals surface area contributed by atoms with E-state index in [-0.39, 0.29) is 11.5 Å². The molecule has 164 valence electrons. The van der Waals surface area contributed by atoms with Crippen molar-refractivity contribution in [2.75, 3.05) is 11.9 Å². The van der Waals surface area contributed by atoms with Crippen molar-refractivity contribution in [2.45, 2.75) is 13.0 Å². The molecule has 1 aliphatic heterocycles. The summed E-state index contributed by atoms with van der Waals surface area (Å²) in [6, 6.07) is 16.7. The fraction of sp³-hybridized carbons (Fsp3) is 0.154. The fourth-order valence-electron chi connectivity index (χ4n) is 4.10. The molecule has 3 aromatic rings. The number of carboxylic acids is 1. The molecular formula is C26H23N5O2. The molecule has 2 heterocycles. The minimum Gasteiger partial charge on any atom is -0.478 e. The second-order valence-electron chi connectivity index (χ2n) is 8.04. The van der Waals surface area contributed by atoms with E-state index in [0.717, 1.165) is 40.1 Å². The zero-order valence-electron chi connectivity index (χ0n) is 17.9. The average molecular weight is 438 g/mol. The molecule has 0 saturated carbocycles. The molecule has 4 N–H and O–H groups in total. The number of carboxylic acid groups (broad SMARTS) is 1. The van der Waals surface area contributed by atoms with E-state index in [2.05, 4.69) is 34.6 Å². The van der Waals surface area contributed by atoms with E-state index in [9.17, 15) is 4.79 Å². The van der Waals surface area contributed by atoms with Gasteiger partial charge in [-0.15, -0.1) is 0 Å². The number of anilines is 2. The van der Waals surface area contributed by atoms with Gasteiger partial charge in [0.15, 0.2) is 0 Å². The van der Waals surface area contributed by atoms with Crippen LogP contribution < -0.4 is 11.1 Å². The third-order valence-corrected chi connectivity index (χ3v) is 5.84. The van der Waals surface area contributed by atoms with Crippen molar-refractivity contribution in [3.05, 3.63) is 101 Å². The second-order valence-corrected chi connectivity index (χ2v) is 8.04. The van der Waals surface area contributed by atoms with Crippen LogP contribution in [0.2, 0.25) is 0 Å². The molecular weight excluding hydrogens is 414 g/mol. The van der Waals surface area contributed by atoms with Gasteiger partial charge in [0.25, 0.3) is 0 Å². The van der Waals surface area contributed by atoms with E-state index in [0.29, 0.717) is 24.7 Å². The Hall–Kier alpha value is -4.10. The zero-order valence-corrected chi connectivity index (χ0v) is 17.9. The van der Waals surface area contributed by atoms with Gasteiger partial charge in [-0.2, -0.15) is 0 Å². The van der Waals surface area contributed by atoms with Gasteiger partial charge in [0.2, 0.25) is 5.95 Å². The number of aromatic nitrogens is 2. The van der Waals surface area contributed by atoms with Crippen LogP contribution >= 0.6 is 0 Å². The SMILES string of the molecule is NCC1C=C2C(=CC1)c1nc(Nc3ccc(C(=O)O)cc3)ncc1CN=C2c1ccccc1. The predicted molar refractivity (Wildman–Crippen MR) is 129 cm³/mol. The maximum absolute atomic E-state index is 11.1. The first-order valence-electron chi connectivity index (χ1n) is 10.8. The maximum atomic E-state index is 11.1. The lowest BCUT2D eigenvalue weighted by Crippen LogP contribution is -2.18. The smallest absolute Gasteiger partial charge is 0.335 e. The average Bonchev–Trinajstić information content (AvgIpc) is 3.01. The Labute approximate surface area is 191 Å². The number of nitrogens with one attached hydrogen (secondary N) is 1. The first-order valence-corrected chi connectivity index (χ1v) is 10.8. The summed E-state index contributed by atoms with van der Waals surface area (Å²) in [6.45, 7) is 1.06. The van der Waals surface area contributed by atoms with Crippen LogP contribution in [0.25, 0.3) is 5.57 Å². The Morgan fingerprint density at radius 1 is 1.09 bits per heavy atom. The van der Waals surface area contributed by atoms with Crippen molar-refractivity contribution in [3.63, 3.8) is 0 Å². The maximum Gasteiger partial charge on any atom is 0.335 e. The molecule has 0 fully saturated rings. The van der Waals surface area contributed by atoms with Crippen molar-refractivity contribution in [1.82, 2.24) is 9.97 Å². The molecule has 0 bridgehead atoms. The van der Waals surface area contributed by atoms with Crippen LogP contribution in [0.1, 0.15) is 33.6 Å². The van der Waals surface area contributed by atoms with Crippen LogP contribution in [0.5, 0.6) is 0 Å². The number of benzene rings is 2. The number of allylic oxidation sites excluding steroid dienone is 3. The van der Waals surface area contributed by atoms with E-state index >= 15 is 0 Å². The van der Waals surface area contributed by atoms with Gasteiger partial charge in [-0.3, -0.25) is 4.99 Å². The molecule has 5 rings (SSSR count). The molecule has 7 nitrogen and oxygen atoms in total. The highest BCUT2D eigenvalue weighted by Gasteiger charge is 2.27. The van der Waals surface area contributed by atoms with Gasteiger partial charge >= 0.3 is 5.97 Å². The number of fused-ring (bicyclic) bond motifs is 3. The highest BCUT2D eigenvalue weighted by Crippen LogP contribution is 2.36. The van der Waals surface area contributed by atoms with E-state index < -0.39 is 5.97 Å². The lowest BCUT2D eigenvalue weighted by atomic mass is 9.84. The lowest BCUT2D eigenvalue weighted by Gasteiger charge is -2.22. The number of aromatic carboxylic acids is 1. The molecule has 33 heavy (non-hydrogen) atoms. The number of hydrogen-bond acceptors (Lipinski definition) is 6. The van der Waals surface area contributed by atoms with E-state index in [1.54, 1.807) is 30.5 Å². The van der Waals surface area contributed by atoms with Crippen LogP contribution in [0.3, 0.4) is 0 Å². The van der Waals surface area contributed by atoms with E-state index in [4.69, 9.17) is 20.8 Å². The highest BCUT2D eigenvalue weighted by atomic mass is 16.4. The first kappa shape index (κ1) is 20.8. The lowest BCUT2D eigenvalue weighted by molar-refractivity contribution is 0.0697. The fourth-order valence-corrected chi connectivity index (χ4v) is 4.10. The zero-order chi connectivity index (χ0) is 22.8. The number of nitrogens with two attached hydrogens (primary N) is 1. The second kappa shape index (κ2) is 8.80. The minimum atomic E-state index is -0.962. The Morgan fingerprint density at radius 2 is 1.88 bits per heavy atom. The number of nitrogens with zero attached hydrogens (tertiary/aromatic N) is 3. The monoisotopic (exact) mass is 437 g/mol. The Balaban J connectivity index is 1.52. The summed E-state index contributed by atoms with van der Waals surface area (Å²) in [5.74, 6) is -0.260. The van der Waals surface area contributed by atoms with Gasteiger partial charge in [-0.05, 0) is 43.1 Å². The molecule has 2 aliphatic rings. The quantitative estimate of drug-likeness (QED) is 0.551. The number of carbonyl (C=O) groups is 1. The summed E-state index contributed by atoms with van der Waals surface area (Å²) in [5, 5.41) is 12.3. The van der Waals surface area contributed by atoms with Crippen molar-refractivity contribution in [1.29, 1.82) is 0 Å². The predicted octanol–water partition coefficient (Wildman–Crippen LogP) is 4.21. The molecule has 7 heteroatoms. The minimum absolute atomic E-state index is 0.227. The summed E-state index contributed by atoms with van der Waals surface area (Å²) in [7, 11) is 0. The number of rotatable bonds is 5. The molecule has 1 unspecified atom stereocenters. The Kier molecular flexibility index (Phi) is 5.54. The van der Waals surface area contributed by atoms with Crippen molar-refractivity contribution >= 4 is 28.9 Å². The molecule has 1 aliphatic carbocycles. The van der Waals surface area contributed by atoms with Gasteiger partial charge in [0.1, 0.15) is 0 Å². The van der Waals surface area contributed by atoms with Crippen molar-refractivity contribution in [2.24, 2.45) is 16.6 Å². The largest absolute Gasteiger partial charge is 0.478 e. The highest BCUT2D eigenvalue weighted by molar-refractivity contribution is 6.22. The molecule has 0 saturated heterocycles. The Morgan fingerprint density at radius 3 is 2.61 bits per heavy atom. The van der Waals surface area contributed by atoms with Crippen LogP contribution in [-0.2, 0) is 6.54 Å². The number of hydrogen-bond donors (Lipinski definition) is 3. The molecule has 0 amide bonds. The van der Waals surface area contributed by atoms with Gasteiger partial charge in [-0.25, -0.2) is 14.8 Å². The molecule has 0 spiro atoms. The topological polar surface area (TPSA) is 113 Å². The van der Waals surface area contributed by atoms with Crippen LogP contribution in [0, 0.1) is 5.92 Å². The summed E-state index contributed by atoms with van der Waals surface area (Å²) in [4.78, 5) is 25.4. The standard InChI is InChI=1S/C26H23N5O2/c27-13-16-6-11-21-22(12-16)23(17-4-2-1-3-5-17)28-14-19-15-29-26(31-24(19)21)30-20-9-7-18(8-10-20)25(32)33/h1-5,7-12,15-16H,6,13-14,27H2,(H,32,33)(H,29,30,31). The third-order valence-electron chi connectivity index (χ3n) is 5.84.